The van der Waals surface area contributed by atoms with Gasteiger partial charge < -0.3 is 9.84 Å². The molecule has 0 amide bonds. The summed E-state index contributed by atoms with van der Waals surface area (Å²) in [5.74, 6) is 0.333. The van der Waals surface area contributed by atoms with Crippen molar-refractivity contribution in [3.63, 3.8) is 0 Å². The Kier molecular flexibility index (Phi) is 4.58. The first kappa shape index (κ1) is 14.3. The van der Waals surface area contributed by atoms with Crippen molar-refractivity contribution < 1.29 is 14.6 Å². The number of rotatable bonds is 4. The zero-order valence-corrected chi connectivity index (χ0v) is 12.4. The number of aliphatic carboxylic acids is 1. The average molecular weight is 333 g/mol. The van der Waals surface area contributed by atoms with Crippen molar-refractivity contribution in [3.8, 4) is 11.5 Å². The molecule has 0 fully saturated rings. The van der Waals surface area contributed by atoms with Gasteiger partial charge in [0.1, 0.15) is 11.5 Å². The van der Waals surface area contributed by atoms with Crippen molar-refractivity contribution in [2.45, 2.75) is 6.92 Å². The number of carbonyl (C=O) groups is 1. The molecule has 2 rings (SSSR count). The van der Waals surface area contributed by atoms with E-state index < -0.39 is 5.97 Å². The van der Waals surface area contributed by atoms with Gasteiger partial charge in [0.05, 0.1) is 0 Å². The van der Waals surface area contributed by atoms with Crippen LogP contribution in [0.2, 0.25) is 0 Å². The predicted octanol–water partition coefficient (Wildman–Crippen LogP) is 4.65. The Morgan fingerprint density at radius 1 is 1.25 bits per heavy atom. The molecule has 102 valence electrons. The van der Waals surface area contributed by atoms with Crippen LogP contribution in [0.3, 0.4) is 0 Å². The van der Waals surface area contributed by atoms with Crippen molar-refractivity contribution in [3.05, 3.63) is 64.1 Å². The Morgan fingerprint density at radius 2 is 2.05 bits per heavy atom. The molecule has 0 spiro atoms. The fourth-order valence-corrected chi connectivity index (χ4v) is 2.09. The second kappa shape index (κ2) is 6.39. The average Bonchev–Trinajstić information content (AvgIpc) is 2.39. The predicted molar refractivity (Wildman–Crippen MR) is 82.1 cm³/mol. The molecule has 0 aromatic heterocycles. The molecule has 3 nitrogen and oxygen atoms in total. The molecule has 0 unspecified atom stereocenters. The largest absolute Gasteiger partial charge is 0.478 e. The number of hydrogen-bond donors (Lipinski definition) is 1. The summed E-state index contributed by atoms with van der Waals surface area (Å²) in [4.78, 5) is 10.6. The second-order valence-corrected chi connectivity index (χ2v) is 5.19. The second-order valence-electron chi connectivity index (χ2n) is 4.27. The Bertz CT molecular complexity index is 663. The first-order valence-corrected chi connectivity index (χ1v) is 6.79. The number of aryl methyl sites for hydroxylation is 1. The van der Waals surface area contributed by atoms with Gasteiger partial charge in [-0.3, -0.25) is 0 Å². The fraction of sp³-hybridized carbons (Fsp3) is 0.0625. The van der Waals surface area contributed by atoms with Crippen LogP contribution in [0.15, 0.2) is 53.0 Å². The highest BCUT2D eigenvalue weighted by Gasteiger charge is 2.04. The molecule has 0 aliphatic rings. The van der Waals surface area contributed by atoms with Gasteiger partial charge in [0.2, 0.25) is 0 Å². The topological polar surface area (TPSA) is 46.5 Å². The van der Waals surface area contributed by atoms with Gasteiger partial charge in [-0.25, -0.2) is 4.79 Å². The third-order valence-electron chi connectivity index (χ3n) is 2.59. The number of hydrogen-bond acceptors (Lipinski definition) is 2. The van der Waals surface area contributed by atoms with E-state index in [-0.39, 0.29) is 0 Å². The lowest BCUT2D eigenvalue weighted by Gasteiger charge is -2.10. The van der Waals surface area contributed by atoms with Crippen LogP contribution in [-0.4, -0.2) is 11.1 Å². The number of carboxylic acid groups (broad SMARTS) is 1. The molecule has 4 heteroatoms. The lowest BCUT2D eigenvalue weighted by atomic mass is 10.2. The van der Waals surface area contributed by atoms with Crippen LogP contribution in [0, 0.1) is 6.92 Å². The number of carboxylic acids is 1. The maximum absolute atomic E-state index is 10.6. The van der Waals surface area contributed by atoms with Gasteiger partial charge >= 0.3 is 5.97 Å². The Hall–Kier alpha value is -2.07. The monoisotopic (exact) mass is 332 g/mol. The third kappa shape index (κ3) is 3.96. The van der Waals surface area contributed by atoms with Gasteiger partial charge in [0, 0.05) is 16.1 Å². The van der Waals surface area contributed by atoms with Crippen LogP contribution in [-0.2, 0) is 4.79 Å². The standard InChI is InChI=1S/C16H13BrO3/c1-11-3-2-4-14(9-11)20-15-7-6-13(17)10-12(15)5-8-16(18)19/h2-10H,1H3,(H,18,19)/b8-5+. The van der Waals surface area contributed by atoms with E-state index >= 15 is 0 Å². The highest BCUT2D eigenvalue weighted by atomic mass is 79.9. The molecule has 1 N–H and O–H groups in total. The van der Waals surface area contributed by atoms with E-state index in [4.69, 9.17) is 9.84 Å². The van der Waals surface area contributed by atoms with Crippen molar-refractivity contribution >= 4 is 28.0 Å². The molecule has 2 aromatic rings. The molecular formula is C16H13BrO3. The van der Waals surface area contributed by atoms with E-state index in [0.717, 1.165) is 21.9 Å². The van der Waals surface area contributed by atoms with Crippen LogP contribution >= 0.6 is 15.9 Å². The summed E-state index contributed by atoms with van der Waals surface area (Å²) in [6, 6.07) is 13.1. The van der Waals surface area contributed by atoms with Gasteiger partial charge in [-0.05, 0) is 48.9 Å². The van der Waals surface area contributed by atoms with Gasteiger partial charge in [-0.1, -0.05) is 28.1 Å². The molecule has 20 heavy (non-hydrogen) atoms. The van der Waals surface area contributed by atoms with Crippen LogP contribution in [0.5, 0.6) is 11.5 Å². The molecule has 0 aliphatic carbocycles. The number of benzene rings is 2. The van der Waals surface area contributed by atoms with Crippen molar-refractivity contribution in [1.29, 1.82) is 0 Å². The summed E-state index contributed by atoms with van der Waals surface area (Å²) in [7, 11) is 0. The van der Waals surface area contributed by atoms with E-state index in [2.05, 4.69) is 15.9 Å². The van der Waals surface area contributed by atoms with Crippen molar-refractivity contribution in [2.75, 3.05) is 0 Å². The molecule has 0 bridgehead atoms. The SMILES string of the molecule is Cc1cccc(Oc2ccc(Br)cc2/C=C/C(=O)O)c1. The van der Waals surface area contributed by atoms with Gasteiger partial charge in [-0.2, -0.15) is 0 Å². The Balaban J connectivity index is 2.33. The van der Waals surface area contributed by atoms with Crippen molar-refractivity contribution in [1.82, 2.24) is 0 Å². The Morgan fingerprint density at radius 3 is 2.75 bits per heavy atom. The minimum Gasteiger partial charge on any atom is -0.478 e. The van der Waals surface area contributed by atoms with Crippen LogP contribution in [0.4, 0.5) is 0 Å². The first-order valence-electron chi connectivity index (χ1n) is 6.00. The summed E-state index contributed by atoms with van der Waals surface area (Å²) < 4.78 is 6.67. The normalized spacial score (nSPS) is 10.7. The molecule has 0 saturated heterocycles. The minimum absolute atomic E-state index is 0.608. The molecule has 0 aliphatic heterocycles. The van der Waals surface area contributed by atoms with Crippen LogP contribution in [0.1, 0.15) is 11.1 Å². The highest BCUT2D eigenvalue weighted by molar-refractivity contribution is 9.10. The zero-order chi connectivity index (χ0) is 14.5. The van der Waals surface area contributed by atoms with E-state index in [0.29, 0.717) is 11.3 Å². The lowest BCUT2D eigenvalue weighted by molar-refractivity contribution is -0.131. The minimum atomic E-state index is -0.994. The van der Waals surface area contributed by atoms with Crippen LogP contribution in [0.25, 0.3) is 6.08 Å². The molecule has 0 radical (unpaired) electrons. The summed E-state index contributed by atoms with van der Waals surface area (Å²) in [6.07, 6.45) is 2.60. The van der Waals surface area contributed by atoms with Gasteiger partial charge in [0.25, 0.3) is 0 Å². The van der Waals surface area contributed by atoms with Gasteiger partial charge in [-0.15, -0.1) is 0 Å². The summed E-state index contributed by atoms with van der Waals surface area (Å²) >= 11 is 3.36. The summed E-state index contributed by atoms with van der Waals surface area (Å²) in [6.45, 7) is 1.99. The molecule has 0 saturated carbocycles. The number of ether oxygens (including phenoxy) is 1. The number of halogens is 1. The van der Waals surface area contributed by atoms with E-state index in [1.54, 1.807) is 6.07 Å². The third-order valence-corrected chi connectivity index (χ3v) is 3.09. The van der Waals surface area contributed by atoms with Crippen molar-refractivity contribution in [2.24, 2.45) is 0 Å². The zero-order valence-electron chi connectivity index (χ0n) is 10.8. The molecular weight excluding hydrogens is 320 g/mol. The Labute approximate surface area is 125 Å². The lowest BCUT2D eigenvalue weighted by Crippen LogP contribution is -1.90. The highest BCUT2D eigenvalue weighted by Crippen LogP contribution is 2.29. The van der Waals surface area contributed by atoms with Gasteiger partial charge in [0.15, 0.2) is 0 Å². The molecule has 0 atom stereocenters. The first-order chi connectivity index (χ1) is 9.54. The maximum atomic E-state index is 10.6. The quantitative estimate of drug-likeness (QED) is 0.829. The summed E-state index contributed by atoms with van der Waals surface area (Å²) in [5, 5.41) is 8.72. The van der Waals surface area contributed by atoms with E-state index in [1.165, 1.54) is 6.08 Å². The molecule has 0 heterocycles. The maximum Gasteiger partial charge on any atom is 0.328 e. The van der Waals surface area contributed by atoms with Crippen LogP contribution < -0.4 is 4.74 Å². The van der Waals surface area contributed by atoms with E-state index in [1.807, 2.05) is 43.3 Å². The fourth-order valence-electron chi connectivity index (χ4n) is 1.71. The summed E-state index contributed by atoms with van der Waals surface area (Å²) in [5.41, 5.74) is 1.80. The molecule has 2 aromatic carbocycles. The smallest absolute Gasteiger partial charge is 0.328 e. The van der Waals surface area contributed by atoms with E-state index in [9.17, 15) is 4.79 Å².